The normalized spacial score (nSPS) is 22.6. The lowest BCUT2D eigenvalue weighted by Crippen LogP contribution is -2.45. The first-order chi connectivity index (χ1) is 9.40. The summed E-state index contributed by atoms with van der Waals surface area (Å²) >= 11 is 0. The molecular weight excluding hydrogens is 260 g/mol. The van der Waals surface area contributed by atoms with E-state index in [0.717, 1.165) is 12.8 Å². The van der Waals surface area contributed by atoms with Crippen molar-refractivity contribution in [1.29, 1.82) is 0 Å². The van der Waals surface area contributed by atoms with Gasteiger partial charge in [0.05, 0.1) is 18.6 Å². The average Bonchev–Trinajstić information content (AvgIpc) is 2.38. The second-order valence-corrected chi connectivity index (χ2v) is 5.68. The predicted molar refractivity (Wildman–Crippen MR) is 75.6 cm³/mol. The second kappa shape index (κ2) is 8.09. The summed E-state index contributed by atoms with van der Waals surface area (Å²) in [7, 11) is 1.74. The van der Waals surface area contributed by atoms with Crippen LogP contribution in [-0.4, -0.2) is 54.4 Å². The van der Waals surface area contributed by atoms with Crippen LogP contribution in [0.1, 0.15) is 39.5 Å². The number of ether oxygens (including phenoxy) is 1. The van der Waals surface area contributed by atoms with Crippen LogP contribution in [0.2, 0.25) is 0 Å². The maximum Gasteiger partial charge on any atom is 0.317 e. The number of hydrogen-bond donors (Lipinski definition) is 2. The third kappa shape index (κ3) is 5.77. The molecule has 0 aromatic heterocycles. The maximum atomic E-state index is 11.9. The minimum absolute atomic E-state index is 0.0894. The molecule has 116 valence electrons. The number of rotatable bonds is 6. The van der Waals surface area contributed by atoms with E-state index >= 15 is 0 Å². The number of carboxylic acids is 1. The molecule has 20 heavy (non-hydrogen) atoms. The van der Waals surface area contributed by atoms with Crippen molar-refractivity contribution in [3.63, 3.8) is 0 Å². The van der Waals surface area contributed by atoms with Crippen LogP contribution in [0.15, 0.2) is 0 Å². The first-order valence-corrected chi connectivity index (χ1v) is 7.26. The van der Waals surface area contributed by atoms with Crippen molar-refractivity contribution in [3.05, 3.63) is 0 Å². The highest BCUT2D eigenvalue weighted by molar-refractivity contribution is 5.74. The number of carbonyl (C=O) groups is 2. The van der Waals surface area contributed by atoms with Gasteiger partial charge in [0.15, 0.2) is 0 Å². The van der Waals surface area contributed by atoms with Crippen molar-refractivity contribution >= 4 is 12.0 Å². The molecule has 0 spiro atoms. The topological polar surface area (TPSA) is 78.9 Å². The largest absolute Gasteiger partial charge is 0.481 e. The summed E-state index contributed by atoms with van der Waals surface area (Å²) in [6.07, 6.45) is 2.91. The number of hydrogen-bond acceptors (Lipinski definition) is 3. The third-order valence-corrected chi connectivity index (χ3v) is 3.63. The molecule has 0 heterocycles. The SMILES string of the molecule is CC(C)OCCN(C)C(=O)NC1CCC(C(=O)O)CC1. The van der Waals surface area contributed by atoms with Gasteiger partial charge in [-0.25, -0.2) is 4.79 Å². The highest BCUT2D eigenvalue weighted by Gasteiger charge is 2.27. The highest BCUT2D eigenvalue weighted by Crippen LogP contribution is 2.24. The zero-order chi connectivity index (χ0) is 15.1. The van der Waals surface area contributed by atoms with Gasteiger partial charge in [-0.05, 0) is 39.5 Å². The van der Waals surface area contributed by atoms with Crippen LogP contribution in [0, 0.1) is 5.92 Å². The fourth-order valence-corrected chi connectivity index (χ4v) is 2.30. The minimum Gasteiger partial charge on any atom is -0.481 e. The van der Waals surface area contributed by atoms with Crippen molar-refractivity contribution < 1.29 is 19.4 Å². The molecule has 1 saturated carbocycles. The molecule has 0 aromatic rings. The van der Waals surface area contributed by atoms with Gasteiger partial charge in [0.1, 0.15) is 0 Å². The average molecular weight is 286 g/mol. The number of likely N-dealkylation sites (N-methyl/N-ethyl adjacent to an activating group) is 1. The van der Waals surface area contributed by atoms with Gasteiger partial charge >= 0.3 is 12.0 Å². The molecule has 0 atom stereocenters. The van der Waals surface area contributed by atoms with Gasteiger partial charge in [-0.15, -0.1) is 0 Å². The number of nitrogens with one attached hydrogen (secondary N) is 1. The zero-order valence-corrected chi connectivity index (χ0v) is 12.6. The van der Waals surface area contributed by atoms with E-state index in [9.17, 15) is 9.59 Å². The predicted octanol–water partition coefficient (Wildman–Crippen LogP) is 1.70. The van der Waals surface area contributed by atoms with E-state index in [1.165, 1.54) is 0 Å². The Morgan fingerprint density at radius 2 is 1.90 bits per heavy atom. The zero-order valence-electron chi connectivity index (χ0n) is 12.6. The molecule has 1 aliphatic rings. The molecule has 0 aliphatic heterocycles. The van der Waals surface area contributed by atoms with Crippen molar-refractivity contribution in [2.24, 2.45) is 5.92 Å². The monoisotopic (exact) mass is 286 g/mol. The van der Waals surface area contributed by atoms with E-state index < -0.39 is 5.97 Å². The standard InChI is InChI=1S/C14H26N2O4/c1-10(2)20-9-8-16(3)14(19)15-12-6-4-11(5-7-12)13(17)18/h10-12H,4-9H2,1-3H3,(H,15,19)(H,17,18). The number of amides is 2. The van der Waals surface area contributed by atoms with E-state index in [0.29, 0.717) is 26.0 Å². The van der Waals surface area contributed by atoms with Gasteiger partial charge in [0, 0.05) is 19.6 Å². The van der Waals surface area contributed by atoms with Crippen molar-refractivity contribution in [2.75, 3.05) is 20.2 Å². The summed E-state index contributed by atoms with van der Waals surface area (Å²) in [5.74, 6) is -0.974. The Morgan fingerprint density at radius 3 is 2.40 bits per heavy atom. The van der Waals surface area contributed by atoms with E-state index in [-0.39, 0.29) is 24.1 Å². The Balaban J connectivity index is 2.23. The first kappa shape index (κ1) is 16.8. The molecular formula is C14H26N2O4. The van der Waals surface area contributed by atoms with Gasteiger partial charge in [0.2, 0.25) is 0 Å². The van der Waals surface area contributed by atoms with Crippen LogP contribution in [0.5, 0.6) is 0 Å². The van der Waals surface area contributed by atoms with Gasteiger partial charge in [-0.3, -0.25) is 4.79 Å². The van der Waals surface area contributed by atoms with Crippen LogP contribution in [0.4, 0.5) is 4.79 Å². The van der Waals surface area contributed by atoms with Gasteiger partial charge < -0.3 is 20.1 Å². The lowest BCUT2D eigenvalue weighted by atomic mass is 9.86. The van der Waals surface area contributed by atoms with E-state index in [1.54, 1.807) is 11.9 Å². The number of urea groups is 1. The van der Waals surface area contributed by atoms with Gasteiger partial charge in [-0.1, -0.05) is 0 Å². The number of aliphatic carboxylic acids is 1. The summed E-state index contributed by atoms with van der Waals surface area (Å²) in [5.41, 5.74) is 0. The maximum absolute atomic E-state index is 11.9. The van der Waals surface area contributed by atoms with Crippen LogP contribution >= 0.6 is 0 Å². The highest BCUT2D eigenvalue weighted by atomic mass is 16.5. The molecule has 0 bridgehead atoms. The lowest BCUT2D eigenvalue weighted by Gasteiger charge is -2.28. The Hall–Kier alpha value is -1.30. The molecule has 0 saturated heterocycles. The summed E-state index contributed by atoms with van der Waals surface area (Å²) in [6, 6.07) is -0.0253. The summed E-state index contributed by atoms with van der Waals surface area (Å²) in [6.45, 7) is 4.99. The van der Waals surface area contributed by atoms with E-state index in [1.807, 2.05) is 13.8 Å². The van der Waals surface area contributed by atoms with E-state index in [2.05, 4.69) is 5.32 Å². The van der Waals surface area contributed by atoms with Gasteiger partial charge in [-0.2, -0.15) is 0 Å². The Morgan fingerprint density at radius 1 is 1.30 bits per heavy atom. The first-order valence-electron chi connectivity index (χ1n) is 7.26. The Labute approximate surface area is 120 Å². The molecule has 1 rings (SSSR count). The summed E-state index contributed by atoms with van der Waals surface area (Å²) < 4.78 is 5.41. The molecule has 6 heteroatoms. The fourth-order valence-electron chi connectivity index (χ4n) is 2.30. The van der Waals surface area contributed by atoms with E-state index in [4.69, 9.17) is 9.84 Å². The van der Waals surface area contributed by atoms with Crippen LogP contribution in [0.3, 0.4) is 0 Å². The van der Waals surface area contributed by atoms with Crippen LogP contribution in [0.25, 0.3) is 0 Å². The molecule has 1 fully saturated rings. The smallest absolute Gasteiger partial charge is 0.317 e. The summed E-state index contributed by atoms with van der Waals surface area (Å²) in [4.78, 5) is 24.4. The Bertz CT molecular complexity index is 325. The van der Waals surface area contributed by atoms with Crippen molar-refractivity contribution in [2.45, 2.75) is 51.7 Å². The van der Waals surface area contributed by atoms with Crippen molar-refractivity contribution in [3.8, 4) is 0 Å². The van der Waals surface area contributed by atoms with Gasteiger partial charge in [0.25, 0.3) is 0 Å². The molecule has 0 unspecified atom stereocenters. The lowest BCUT2D eigenvalue weighted by molar-refractivity contribution is -0.142. The van der Waals surface area contributed by atoms with Crippen LogP contribution in [-0.2, 0) is 9.53 Å². The third-order valence-electron chi connectivity index (χ3n) is 3.63. The molecule has 0 radical (unpaired) electrons. The minimum atomic E-state index is -0.724. The quantitative estimate of drug-likeness (QED) is 0.779. The molecule has 6 nitrogen and oxygen atoms in total. The number of carbonyl (C=O) groups excluding carboxylic acids is 1. The summed E-state index contributed by atoms with van der Waals surface area (Å²) in [5, 5.41) is 11.9. The number of carboxylic acid groups (broad SMARTS) is 1. The van der Waals surface area contributed by atoms with Crippen molar-refractivity contribution in [1.82, 2.24) is 10.2 Å². The fraction of sp³-hybridized carbons (Fsp3) is 0.857. The number of nitrogens with zero attached hydrogens (tertiary/aromatic N) is 1. The molecule has 2 N–H and O–H groups in total. The van der Waals surface area contributed by atoms with Crippen LogP contribution < -0.4 is 5.32 Å². The Kier molecular flexibility index (Phi) is 6.78. The molecule has 2 amide bonds. The molecule has 0 aromatic carbocycles. The molecule has 1 aliphatic carbocycles. The second-order valence-electron chi connectivity index (χ2n) is 5.68.